The Kier molecular flexibility index (Phi) is 5.52. The predicted molar refractivity (Wildman–Crippen MR) is 112 cm³/mol. The molecule has 1 aliphatic rings. The molecule has 4 rings (SSSR count). The van der Waals surface area contributed by atoms with Gasteiger partial charge in [-0.1, -0.05) is 24.3 Å². The standard InChI is InChI=1S/C23H20N2O5/c1-15-5-4-6-17(11-15)28-13-22(26)25-19-8-3-2-7-18(19)23(27)24-16-9-10-20-21(12-16)30-14-29-20/h2-12H,13-14H2,1H3,(H,24,27)(H,25,26). The van der Waals surface area contributed by atoms with Crippen molar-refractivity contribution in [2.24, 2.45) is 0 Å². The fourth-order valence-electron chi connectivity index (χ4n) is 3.00. The fraction of sp³-hybridized carbons (Fsp3) is 0.130. The van der Waals surface area contributed by atoms with Crippen molar-refractivity contribution >= 4 is 23.2 Å². The van der Waals surface area contributed by atoms with Crippen LogP contribution in [0.15, 0.2) is 66.7 Å². The number of carbonyl (C=O) groups is 2. The van der Waals surface area contributed by atoms with Crippen molar-refractivity contribution in [1.82, 2.24) is 0 Å². The first-order chi connectivity index (χ1) is 14.6. The second-order valence-corrected chi connectivity index (χ2v) is 6.72. The highest BCUT2D eigenvalue weighted by molar-refractivity contribution is 6.10. The number of para-hydroxylation sites is 1. The van der Waals surface area contributed by atoms with Gasteiger partial charge >= 0.3 is 0 Å². The lowest BCUT2D eigenvalue weighted by atomic mass is 10.1. The van der Waals surface area contributed by atoms with E-state index >= 15 is 0 Å². The maximum absolute atomic E-state index is 12.8. The highest BCUT2D eigenvalue weighted by Gasteiger charge is 2.17. The highest BCUT2D eigenvalue weighted by Crippen LogP contribution is 2.34. The molecule has 0 saturated carbocycles. The normalized spacial score (nSPS) is 11.6. The summed E-state index contributed by atoms with van der Waals surface area (Å²) in [5.41, 5.74) is 2.33. The summed E-state index contributed by atoms with van der Waals surface area (Å²) in [7, 11) is 0. The monoisotopic (exact) mass is 404 g/mol. The Morgan fingerprint density at radius 1 is 0.933 bits per heavy atom. The number of hydrogen-bond donors (Lipinski definition) is 2. The van der Waals surface area contributed by atoms with Crippen LogP contribution in [-0.4, -0.2) is 25.2 Å². The Hall–Kier alpha value is -4.00. The molecular formula is C23H20N2O5. The van der Waals surface area contributed by atoms with Crippen LogP contribution in [0, 0.1) is 6.92 Å². The van der Waals surface area contributed by atoms with Gasteiger partial charge in [-0.25, -0.2) is 0 Å². The van der Waals surface area contributed by atoms with Gasteiger partial charge in [0, 0.05) is 11.8 Å². The first-order valence-electron chi connectivity index (χ1n) is 9.38. The second kappa shape index (κ2) is 8.57. The van der Waals surface area contributed by atoms with E-state index in [-0.39, 0.29) is 25.2 Å². The molecule has 0 atom stereocenters. The number of ether oxygens (including phenoxy) is 3. The molecule has 1 heterocycles. The van der Waals surface area contributed by atoms with Gasteiger partial charge in [0.1, 0.15) is 5.75 Å². The third-order valence-corrected chi connectivity index (χ3v) is 4.44. The summed E-state index contributed by atoms with van der Waals surface area (Å²) in [5.74, 6) is 1.10. The first kappa shape index (κ1) is 19.3. The molecule has 1 aliphatic heterocycles. The van der Waals surface area contributed by atoms with E-state index in [0.717, 1.165) is 5.56 Å². The van der Waals surface area contributed by atoms with Crippen molar-refractivity contribution in [2.75, 3.05) is 24.0 Å². The van der Waals surface area contributed by atoms with E-state index in [9.17, 15) is 9.59 Å². The summed E-state index contributed by atoms with van der Waals surface area (Å²) in [6.07, 6.45) is 0. The molecule has 152 valence electrons. The zero-order valence-corrected chi connectivity index (χ0v) is 16.3. The second-order valence-electron chi connectivity index (χ2n) is 6.72. The Morgan fingerprint density at radius 3 is 2.63 bits per heavy atom. The number of carbonyl (C=O) groups excluding carboxylic acids is 2. The molecule has 0 spiro atoms. The van der Waals surface area contributed by atoms with E-state index in [1.54, 1.807) is 48.5 Å². The summed E-state index contributed by atoms with van der Waals surface area (Å²) in [5, 5.41) is 5.54. The van der Waals surface area contributed by atoms with Crippen LogP contribution in [0.25, 0.3) is 0 Å². The van der Waals surface area contributed by atoms with Crippen LogP contribution in [-0.2, 0) is 4.79 Å². The van der Waals surface area contributed by atoms with Crippen molar-refractivity contribution in [3.05, 3.63) is 77.9 Å². The summed E-state index contributed by atoms with van der Waals surface area (Å²) < 4.78 is 16.1. The van der Waals surface area contributed by atoms with Crippen molar-refractivity contribution in [3.63, 3.8) is 0 Å². The predicted octanol–water partition coefficient (Wildman–Crippen LogP) is 3.99. The Labute approximate surface area is 173 Å². The molecule has 7 heteroatoms. The molecule has 2 N–H and O–H groups in total. The summed E-state index contributed by atoms with van der Waals surface area (Å²) in [4.78, 5) is 25.1. The van der Waals surface area contributed by atoms with Crippen molar-refractivity contribution in [2.45, 2.75) is 6.92 Å². The number of hydrogen-bond acceptors (Lipinski definition) is 5. The quantitative estimate of drug-likeness (QED) is 0.649. The van der Waals surface area contributed by atoms with Gasteiger partial charge in [-0.3, -0.25) is 9.59 Å². The van der Waals surface area contributed by atoms with Gasteiger partial charge in [-0.05, 0) is 48.9 Å². The van der Waals surface area contributed by atoms with Gasteiger partial charge in [-0.2, -0.15) is 0 Å². The number of aryl methyl sites for hydroxylation is 1. The summed E-state index contributed by atoms with van der Waals surface area (Å²) in [6, 6.07) is 19.4. The van der Waals surface area contributed by atoms with Crippen LogP contribution in [0.4, 0.5) is 11.4 Å². The third kappa shape index (κ3) is 4.52. The zero-order valence-electron chi connectivity index (χ0n) is 16.3. The van der Waals surface area contributed by atoms with E-state index in [1.807, 2.05) is 25.1 Å². The van der Waals surface area contributed by atoms with E-state index < -0.39 is 0 Å². The SMILES string of the molecule is Cc1cccc(OCC(=O)Nc2ccccc2C(=O)Nc2ccc3c(c2)OCO3)c1. The maximum atomic E-state index is 12.8. The molecule has 3 aromatic rings. The Bertz CT molecular complexity index is 1100. The third-order valence-electron chi connectivity index (χ3n) is 4.44. The van der Waals surface area contributed by atoms with E-state index in [4.69, 9.17) is 14.2 Å². The minimum atomic E-state index is -0.361. The van der Waals surface area contributed by atoms with Gasteiger partial charge in [0.25, 0.3) is 11.8 Å². The molecule has 30 heavy (non-hydrogen) atoms. The average molecular weight is 404 g/mol. The molecule has 3 aromatic carbocycles. The van der Waals surface area contributed by atoms with Crippen molar-refractivity contribution < 1.29 is 23.8 Å². The van der Waals surface area contributed by atoms with E-state index in [1.165, 1.54) is 0 Å². The van der Waals surface area contributed by atoms with Gasteiger partial charge in [0.15, 0.2) is 18.1 Å². The lowest BCUT2D eigenvalue weighted by molar-refractivity contribution is -0.118. The van der Waals surface area contributed by atoms with Crippen LogP contribution >= 0.6 is 0 Å². The van der Waals surface area contributed by atoms with Gasteiger partial charge in [0.05, 0.1) is 11.3 Å². The van der Waals surface area contributed by atoms with E-state index in [0.29, 0.717) is 34.2 Å². The molecular weight excluding hydrogens is 384 g/mol. The molecule has 0 unspecified atom stereocenters. The molecule has 0 bridgehead atoms. The van der Waals surface area contributed by atoms with E-state index in [2.05, 4.69) is 10.6 Å². The fourth-order valence-corrected chi connectivity index (χ4v) is 3.00. The van der Waals surface area contributed by atoms with Crippen LogP contribution in [0.2, 0.25) is 0 Å². The number of nitrogens with one attached hydrogen (secondary N) is 2. The topological polar surface area (TPSA) is 85.9 Å². The van der Waals surface area contributed by atoms with Gasteiger partial charge in [-0.15, -0.1) is 0 Å². The molecule has 0 saturated heterocycles. The first-order valence-corrected chi connectivity index (χ1v) is 9.38. The van der Waals surface area contributed by atoms with Crippen LogP contribution in [0.1, 0.15) is 15.9 Å². The Morgan fingerprint density at radius 2 is 1.77 bits per heavy atom. The zero-order chi connectivity index (χ0) is 20.9. The number of rotatable bonds is 6. The van der Waals surface area contributed by atoms with Crippen molar-refractivity contribution in [1.29, 1.82) is 0 Å². The smallest absolute Gasteiger partial charge is 0.262 e. The largest absolute Gasteiger partial charge is 0.484 e. The number of anilines is 2. The number of fused-ring (bicyclic) bond motifs is 1. The molecule has 2 amide bonds. The van der Waals surface area contributed by atoms with Gasteiger partial charge < -0.3 is 24.8 Å². The molecule has 0 aromatic heterocycles. The molecule has 7 nitrogen and oxygen atoms in total. The minimum absolute atomic E-state index is 0.159. The lowest BCUT2D eigenvalue weighted by Crippen LogP contribution is -2.22. The minimum Gasteiger partial charge on any atom is -0.484 e. The highest BCUT2D eigenvalue weighted by atomic mass is 16.7. The summed E-state index contributed by atoms with van der Waals surface area (Å²) in [6.45, 7) is 1.94. The number of benzene rings is 3. The van der Waals surface area contributed by atoms with Crippen LogP contribution < -0.4 is 24.8 Å². The van der Waals surface area contributed by atoms with Gasteiger partial charge in [0.2, 0.25) is 6.79 Å². The number of amides is 2. The van der Waals surface area contributed by atoms with Crippen molar-refractivity contribution in [3.8, 4) is 17.2 Å². The molecule has 0 fully saturated rings. The lowest BCUT2D eigenvalue weighted by Gasteiger charge is -2.12. The molecule has 0 aliphatic carbocycles. The summed E-state index contributed by atoms with van der Waals surface area (Å²) >= 11 is 0. The molecule has 0 radical (unpaired) electrons. The van der Waals surface area contributed by atoms with Crippen LogP contribution in [0.5, 0.6) is 17.2 Å². The average Bonchev–Trinajstić information content (AvgIpc) is 3.20. The Balaban J connectivity index is 1.41. The van der Waals surface area contributed by atoms with Crippen LogP contribution in [0.3, 0.4) is 0 Å². The maximum Gasteiger partial charge on any atom is 0.262 e.